The molecule has 0 spiro atoms. The fourth-order valence-electron chi connectivity index (χ4n) is 3.14. The molecular formula is C14H18Cl2N2O4S. The predicted octanol–water partition coefficient (Wildman–Crippen LogP) is 1.39. The van der Waals surface area contributed by atoms with Gasteiger partial charge in [0.05, 0.1) is 17.6 Å². The number of hydrogen-bond acceptors (Lipinski definition) is 5. The molecule has 0 aromatic heterocycles. The fraction of sp³-hybridized carbons (Fsp3) is 0.500. The van der Waals surface area contributed by atoms with Gasteiger partial charge >= 0.3 is 5.97 Å². The van der Waals surface area contributed by atoms with Gasteiger partial charge in [0.2, 0.25) is 10.0 Å². The highest BCUT2D eigenvalue weighted by atomic mass is 35.5. The smallest absolute Gasteiger partial charge is 0.339 e. The molecule has 0 bridgehead atoms. The van der Waals surface area contributed by atoms with Crippen LogP contribution in [-0.4, -0.2) is 52.0 Å². The minimum Gasteiger partial charge on any atom is -0.465 e. The molecule has 9 heteroatoms. The van der Waals surface area contributed by atoms with E-state index in [2.05, 4.69) is 10.1 Å². The van der Waals surface area contributed by atoms with Crippen LogP contribution in [0.2, 0.25) is 5.02 Å². The molecular weight excluding hydrogens is 363 g/mol. The normalized spacial score (nSPS) is 24.1. The van der Waals surface area contributed by atoms with E-state index in [1.807, 2.05) is 0 Å². The molecule has 6 nitrogen and oxygen atoms in total. The van der Waals surface area contributed by atoms with Crippen molar-refractivity contribution in [1.82, 2.24) is 9.62 Å². The number of rotatable bonds is 3. The molecule has 2 saturated heterocycles. The Morgan fingerprint density at radius 1 is 1.30 bits per heavy atom. The van der Waals surface area contributed by atoms with E-state index in [0.717, 1.165) is 13.1 Å². The number of sulfonamides is 1. The summed E-state index contributed by atoms with van der Waals surface area (Å²) < 4.78 is 31.9. The lowest BCUT2D eigenvalue weighted by Gasteiger charge is -2.19. The summed E-state index contributed by atoms with van der Waals surface area (Å²) in [5, 5.41) is 3.56. The minimum absolute atomic E-state index is 0. The average Bonchev–Trinajstić information content (AvgIpc) is 3.07. The van der Waals surface area contributed by atoms with Crippen molar-refractivity contribution in [1.29, 1.82) is 0 Å². The molecule has 2 fully saturated rings. The van der Waals surface area contributed by atoms with Crippen LogP contribution in [0.15, 0.2) is 23.1 Å². The molecule has 2 aliphatic rings. The Balaban J connectivity index is 0.00000192. The molecule has 0 saturated carbocycles. The Bertz CT molecular complexity index is 699. The third-order valence-electron chi connectivity index (χ3n) is 4.32. The van der Waals surface area contributed by atoms with Crippen molar-refractivity contribution < 1.29 is 17.9 Å². The third-order valence-corrected chi connectivity index (χ3v) is 6.45. The van der Waals surface area contributed by atoms with Crippen LogP contribution >= 0.6 is 24.0 Å². The number of methoxy groups -OCH3 is 1. The zero-order valence-electron chi connectivity index (χ0n) is 12.5. The maximum atomic E-state index is 12.9. The van der Waals surface area contributed by atoms with E-state index in [1.54, 1.807) is 0 Å². The van der Waals surface area contributed by atoms with Crippen LogP contribution in [0.3, 0.4) is 0 Å². The number of esters is 1. The molecule has 0 aliphatic carbocycles. The number of carbonyl (C=O) groups excluding carboxylic acids is 1. The van der Waals surface area contributed by atoms with Gasteiger partial charge in [-0.25, -0.2) is 13.2 Å². The maximum absolute atomic E-state index is 12.9. The second-order valence-corrected chi connectivity index (χ2v) is 7.98. The standard InChI is InChI=1S/C14H17ClN2O4S.ClH/c1-21-14(18)12-4-11(15)2-3-13(12)22(19,20)17-7-9-5-16-6-10(9)8-17;/h2-4,9-10,16H,5-8H2,1H3;1H/t9-,10+;. The van der Waals surface area contributed by atoms with Crippen LogP contribution in [0.1, 0.15) is 10.4 Å². The predicted molar refractivity (Wildman–Crippen MR) is 88.6 cm³/mol. The van der Waals surface area contributed by atoms with Gasteiger partial charge < -0.3 is 10.1 Å². The molecule has 2 atom stereocenters. The number of halogens is 2. The Kier molecular flexibility index (Phi) is 5.58. The number of benzene rings is 1. The van der Waals surface area contributed by atoms with Gasteiger partial charge in [-0.2, -0.15) is 4.31 Å². The van der Waals surface area contributed by atoms with Gasteiger partial charge in [0.15, 0.2) is 0 Å². The lowest BCUT2D eigenvalue weighted by Crippen LogP contribution is -2.33. The van der Waals surface area contributed by atoms with E-state index in [0.29, 0.717) is 29.9 Å². The van der Waals surface area contributed by atoms with Gasteiger partial charge in [-0.3, -0.25) is 0 Å². The van der Waals surface area contributed by atoms with Crippen LogP contribution in [0.4, 0.5) is 0 Å². The molecule has 0 radical (unpaired) electrons. The molecule has 1 N–H and O–H groups in total. The van der Waals surface area contributed by atoms with Crippen LogP contribution in [0.25, 0.3) is 0 Å². The first-order chi connectivity index (χ1) is 10.4. The number of carbonyl (C=O) groups is 1. The van der Waals surface area contributed by atoms with Crippen molar-refractivity contribution in [3.63, 3.8) is 0 Å². The topological polar surface area (TPSA) is 75.7 Å². The number of nitrogens with zero attached hydrogens (tertiary/aromatic N) is 1. The first kappa shape index (κ1) is 18.5. The first-order valence-corrected chi connectivity index (χ1v) is 8.84. The van der Waals surface area contributed by atoms with E-state index in [9.17, 15) is 13.2 Å². The molecule has 23 heavy (non-hydrogen) atoms. The van der Waals surface area contributed by atoms with Gasteiger partial charge in [-0.1, -0.05) is 11.6 Å². The van der Waals surface area contributed by atoms with Crippen molar-refractivity contribution >= 4 is 40.0 Å². The van der Waals surface area contributed by atoms with Gasteiger partial charge in [0.25, 0.3) is 0 Å². The van der Waals surface area contributed by atoms with E-state index in [1.165, 1.54) is 29.6 Å². The Labute approximate surface area is 146 Å². The highest BCUT2D eigenvalue weighted by Gasteiger charge is 2.42. The quantitative estimate of drug-likeness (QED) is 0.801. The van der Waals surface area contributed by atoms with E-state index < -0.39 is 16.0 Å². The summed E-state index contributed by atoms with van der Waals surface area (Å²) in [6.45, 7) is 2.62. The molecule has 2 aliphatic heterocycles. The van der Waals surface area contributed by atoms with Crippen LogP contribution in [0.5, 0.6) is 0 Å². The molecule has 0 unspecified atom stereocenters. The van der Waals surface area contributed by atoms with Crippen molar-refractivity contribution in [2.24, 2.45) is 11.8 Å². The zero-order chi connectivity index (χ0) is 15.9. The monoisotopic (exact) mass is 380 g/mol. The summed E-state index contributed by atoms with van der Waals surface area (Å²) in [5.74, 6) is -0.0329. The zero-order valence-corrected chi connectivity index (χ0v) is 14.9. The largest absolute Gasteiger partial charge is 0.465 e. The summed E-state index contributed by atoms with van der Waals surface area (Å²) in [5.41, 5.74) is -0.0230. The van der Waals surface area contributed by atoms with Crippen molar-refractivity contribution in [2.75, 3.05) is 33.3 Å². The molecule has 3 rings (SSSR count). The summed E-state index contributed by atoms with van der Waals surface area (Å²) in [7, 11) is -2.52. The summed E-state index contributed by atoms with van der Waals surface area (Å²) in [6.07, 6.45) is 0. The lowest BCUT2D eigenvalue weighted by molar-refractivity contribution is 0.0596. The summed E-state index contributed by atoms with van der Waals surface area (Å²) in [4.78, 5) is 11.8. The Morgan fingerprint density at radius 2 is 1.91 bits per heavy atom. The average molecular weight is 381 g/mol. The fourth-order valence-corrected chi connectivity index (χ4v) is 5.03. The molecule has 2 heterocycles. The highest BCUT2D eigenvalue weighted by molar-refractivity contribution is 7.89. The Hall–Kier alpha value is -0.860. The van der Waals surface area contributed by atoms with Crippen molar-refractivity contribution in [2.45, 2.75) is 4.90 Å². The first-order valence-electron chi connectivity index (χ1n) is 7.02. The summed E-state index contributed by atoms with van der Waals surface area (Å²) in [6, 6.07) is 4.17. The Morgan fingerprint density at radius 3 is 2.48 bits per heavy atom. The van der Waals surface area contributed by atoms with E-state index >= 15 is 0 Å². The number of nitrogens with one attached hydrogen (secondary N) is 1. The maximum Gasteiger partial charge on any atom is 0.339 e. The third kappa shape index (κ3) is 3.34. The molecule has 1 aromatic carbocycles. The lowest BCUT2D eigenvalue weighted by atomic mass is 10.0. The number of fused-ring (bicyclic) bond motifs is 1. The van der Waals surface area contributed by atoms with Crippen molar-refractivity contribution in [3.05, 3.63) is 28.8 Å². The second kappa shape index (κ2) is 6.94. The summed E-state index contributed by atoms with van der Waals surface area (Å²) >= 11 is 5.88. The highest BCUT2D eigenvalue weighted by Crippen LogP contribution is 2.32. The second-order valence-electron chi connectivity index (χ2n) is 5.63. The SMILES string of the molecule is COC(=O)c1cc(Cl)ccc1S(=O)(=O)N1C[C@H]2CNC[C@H]2C1.Cl. The molecule has 1 aromatic rings. The minimum atomic E-state index is -3.74. The van der Waals surface area contributed by atoms with Crippen molar-refractivity contribution in [3.8, 4) is 0 Å². The van der Waals surface area contributed by atoms with Crippen LogP contribution in [0, 0.1) is 11.8 Å². The van der Waals surface area contributed by atoms with Gasteiger partial charge in [0.1, 0.15) is 0 Å². The van der Waals surface area contributed by atoms with E-state index in [-0.39, 0.29) is 22.9 Å². The van der Waals surface area contributed by atoms with Gasteiger partial charge in [-0.15, -0.1) is 12.4 Å². The van der Waals surface area contributed by atoms with Crippen LogP contribution in [-0.2, 0) is 14.8 Å². The molecule has 0 amide bonds. The van der Waals surface area contributed by atoms with E-state index in [4.69, 9.17) is 11.6 Å². The number of hydrogen-bond donors (Lipinski definition) is 1. The van der Waals surface area contributed by atoms with Crippen LogP contribution < -0.4 is 5.32 Å². The molecule has 128 valence electrons. The number of ether oxygens (including phenoxy) is 1. The van der Waals surface area contributed by atoms with Gasteiger partial charge in [0, 0.05) is 18.1 Å². The van der Waals surface area contributed by atoms with Gasteiger partial charge in [-0.05, 0) is 43.1 Å².